The first-order valence-electron chi connectivity index (χ1n) is 11.0. The van der Waals surface area contributed by atoms with E-state index < -0.39 is 0 Å². The number of H-pyrrole nitrogens is 1. The summed E-state index contributed by atoms with van der Waals surface area (Å²) in [6.45, 7) is 3.83. The first-order chi connectivity index (χ1) is 15.5. The molecule has 2 N–H and O–H groups in total. The van der Waals surface area contributed by atoms with Crippen molar-refractivity contribution in [3.63, 3.8) is 0 Å². The number of rotatable bonds is 4. The van der Waals surface area contributed by atoms with Crippen LogP contribution in [-0.2, 0) is 4.79 Å². The monoisotopic (exact) mass is 433 g/mol. The molecule has 1 saturated heterocycles. The molecule has 0 aromatic carbocycles. The third-order valence-corrected chi connectivity index (χ3v) is 6.82. The van der Waals surface area contributed by atoms with Crippen molar-refractivity contribution in [1.29, 1.82) is 0 Å². The minimum Gasteiger partial charge on any atom is -0.351 e. The molecule has 2 fully saturated rings. The Balaban J connectivity index is 1.19. The maximum absolute atomic E-state index is 14.4. The Morgan fingerprint density at radius 3 is 2.91 bits per heavy atom. The molecule has 0 bridgehead atoms. The smallest absolute Gasteiger partial charge is 0.228 e. The minimum absolute atomic E-state index is 0.177. The number of likely N-dealkylation sites (tertiary alicyclic amines) is 1. The van der Waals surface area contributed by atoms with E-state index in [0.717, 1.165) is 55.3 Å². The Kier molecular flexibility index (Phi) is 4.21. The molecular weight excluding hydrogens is 409 g/mol. The van der Waals surface area contributed by atoms with E-state index in [-0.39, 0.29) is 23.2 Å². The number of nitrogens with one attached hydrogen (secondary N) is 2. The molecule has 0 unspecified atom stereocenters. The molecule has 32 heavy (non-hydrogen) atoms. The Labute approximate surface area is 183 Å². The topological polar surface area (TPSA) is 91.2 Å². The minimum atomic E-state index is -0.377. The second-order valence-corrected chi connectivity index (χ2v) is 9.20. The summed E-state index contributed by atoms with van der Waals surface area (Å²) in [6.07, 6.45) is 12.5. The van der Waals surface area contributed by atoms with Crippen molar-refractivity contribution in [1.82, 2.24) is 29.2 Å². The van der Waals surface area contributed by atoms with Gasteiger partial charge < -0.3 is 19.6 Å². The fraction of sp³-hybridized carbons (Fsp3) is 0.391. The maximum atomic E-state index is 14.4. The summed E-state index contributed by atoms with van der Waals surface area (Å²) >= 11 is 0. The maximum Gasteiger partial charge on any atom is 0.228 e. The van der Waals surface area contributed by atoms with Crippen LogP contribution in [0.25, 0.3) is 27.8 Å². The van der Waals surface area contributed by atoms with Crippen molar-refractivity contribution in [2.24, 2.45) is 5.41 Å². The predicted octanol–water partition coefficient (Wildman–Crippen LogP) is 3.61. The Bertz CT molecular complexity index is 1330. The Morgan fingerprint density at radius 1 is 1.28 bits per heavy atom. The molecule has 6 rings (SSSR count). The van der Waals surface area contributed by atoms with Gasteiger partial charge in [0.2, 0.25) is 11.9 Å². The highest BCUT2D eigenvalue weighted by atomic mass is 19.1. The summed E-state index contributed by atoms with van der Waals surface area (Å²) in [7, 11) is 0. The number of imidazole rings is 1. The summed E-state index contributed by atoms with van der Waals surface area (Å²) in [5.41, 5.74) is 2.24. The van der Waals surface area contributed by atoms with E-state index in [1.54, 1.807) is 23.0 Å². The molecule has 4 aromatic heterocycles. The van der Waals surface area contributed by atoms with E-state index in [4.69, 9.17) is 0 Å². The summed E-state index contributed by atoms with van der Waals surface area (Å²) < 4.78 is 16.0. The number of fused-ring (bicyclic) bond motifs is 2. The molecule has 164 valence electrons. The van der Waals surface area contributed by atoms with E-state index in [1.165, 1.54) is 6.07 Å². The summed E-state index contributed by atoms with van der Waals surface area (Å²) in [6, 6.07) is 1.65. The van der Waals surface area contributed by atoms with Gasteiger partial charge in [-0.3, -0.25) is 4.79 Å². The van der Waals surface area contributed by atoms with E-state index in [9.17, 15) is 9.18 Å². The van der Waals surface area contributed by atoms with Crippen molar-refractivity contribution < 1.29 is 9.18 Å². The number of halogens is 1. The van der Waals surface area contributed by atoms with Crippen LogP contribution in [0, 0.1) is 11.2 Å². The molecule has 1 saturated carbocycles. The highest BCUT2D eigenvalue weighted by Gasteiger charge is 2.48. The second-order valence-electron chi connectivity index (χ2n) is 9.20. The van der Waals surface area contributed by atoms with Crippen LogP contribution < -0.4 is 5.32 Å². The molecule has 0 atom stereocenters. The first-order valence-corrected chi connectivity index (χ1v) is 11.0. The first kappa shape index (κ1) is 19.2. The van der Waals surface area contributed by atoms with Crippen LogP contribution in [0.5, 0.6) is 0 Å². The normalized spacial score (nSPS) is 23.1. The highest BCUT2D eigenvalue weighted by Crippen LogP contribution is 2.44. The van der Waals surface area contributed by atoms with Crippen LogP contribution in [0.4, 0.5) is 10.3 Å². The number of amides is 1. The van der Waals surface area contributed by atoms with Gasteiger partial charge in [-0.2, -0.15) is 4.98 Å². The quantitative estimate of drug-likeness (QED) is 0.513. The average Bonchev–Trinajstić information content (AvgIpc) is 3.51. The molecule has 1 aliphatic carbocycles. The number of pyridine rings is 1. The third kappa shape index (κ3) is 3.03. The molecule has 8 nitrogen and oxygen atoms in total. The molecule has 1 amide bonds. The van der Waals surface area contributed by atoms with Crippen molar-refractivity contribution in [3.8, 4) is 11.1 Å². The SMILES string of the molecule is C[C@]1(C(=O)N2CCCC2)C[C@H](Nc2ncc3c(-c4cc(F)c5nccn5c4)c[nH]c3n2)C1. The number of hydrogen-bond donors (Lipinski definition) is 2. The van der Waals surface area contributed by atoms with Crippen LogP contribution in [0.15, 0.2) is 37.1 Å². The second kappa shape index (κ2) is 7.01. The highest BCUT2D eigenvalue weighted by molar-refractivity contribution is 5.93. The molecule has 1 aliphatic heterocycles. The van der Waals surface area contributed by atoms with E-state index >= 15 is 0 Å². The van der Waals surface area contributed by atoms with Crippen LogP contribution in [0.3, 0.4) is 0 Å². The number of aromatic nitrogens is 5. The van der Waals surface area contributed by atoms with Crippen molar-refractivity contribution >= 4 is 28.5 Å². The lowest BCUT2D eigenvalue weighted by atomic mass is 9.66. The fourth-order valence-corrected chi connectivity index (χ4v) is 5.14. The van der Waals surface area contributed by atoms with Gasteiger partial charge in [-0.15, -0.1) is 0 Å². The zero-order valence-electron chi connectivity index (χ0n) is 17.8. The fourth-order valence-electron chi connectivity index (χ4n) is 5.14. The molecule has 9 heteroatoms. The van der Waals surface area contributed by atoms with Crippen LogP contribution in [0.1, 0.15) is 32.6 Å². The summed E-state index contributed by atoms with van der Waals surface area (Å²) in [5, 5.41) is 4.18. The number of carbonyl (C=O) groups excluding carboxylic acids is 1. The molecule has 5 heterocycles. The number of hydrogen-bond acceptors (Lipinski definition) is 5. The van der Waals surface area contributed by atoms with Crippen molar-refractivity contribution in [3.05, 3.63) is 42.9 Å². The lowest BCUT2D eigenvalue weighted by molar-refractivity contribution is -0.145. The van der Waals surface area contributed by atoms with Crippen molar-refractivity contribution in [2.45, 2.75) is 38.6 Å². The van der Waals surface area contributed by atoms with Gasteiger partial charge in [-0.1, -0.05) is 6.92 Å². The van der Waals surface area contributed by atoms with Gasteiger partial charge in [0.05, 0.1) is 5.41 Å². The predicted molar refractivity (Wildman–Crippen MR) is 119 cm³/mol. The third-order valence-electron chi connectivity index (χ3n) is 6.82. The van der Waals surface area contributed by atoms with Crippen LogP contribution in [-0.4, -0.2) is 54.3 Å². The molecular formula is C23H24FN7O. The lowest BCUT2D eigenvalue weighted by Crippen LogP contribution is -2.53. The number of aromatic amines is 1. The largest absolute Gasteiger partial charge is 0.351 e. The molecule has 2 aliphatic rings. The number of carbonyl (C=O) groups is 1. The van der Waals surface area contributed by atoms with Gasteiger partial charge in [0.15, 0.2) is 11.5 Å². The zero-order chi connectivity index (χ0) is 21.9. The van der Waals surface area contributed by atoms with E-state index in [2.05, 4.69) is 32.2 Å². The van der Waals surface area contributed by atoms with E-state index in [0.29, 0.717) is 17.2 Å². The molecule has 0 spiro atoms. The van der Waals surface area contributed by atoms with Gasteiger partial charge in [0.1, 0.15) is 5.65 Å². The van der Waals surface area contributed by atoms with Crippen LogP contribution in [0.2, 0.25) is 0 Å². The van der Waals surface area contributed by atoms with E-state index in [1.807, 2.05) is 17.3 Å². The number of nitrogens with zero attached hydrogens (tertiary/aromatic N) is 5. The summed E-state index contributed by atoms with van der Waals surface area (Å²) in [5.74, 6) is 0.431. The van der Waals surface area contributed by atoms with Crippen LogP contribution >= 0.6 is 0 Å². The van der Waals surface area contributed by atoms with Gasteiger partial charge >= 0.3 is 0 Å². The zero-order valence-corrected chi connectivity index (χ0v) is 17.8. The van der Waals surface area contributed by atoms with Gasteiger partial charge in [-0.05, 0) is 31.7 Å². The van der Waals surface area contributed by atoms with Gasteiger partial charge in [0, 0.05) is 66.6 Å². The molecule has 4 aromatic rings. The molecule has 0 radical (unpaired) electrons. The summed E-state index contributed by atoms with van der Waals surface area (Å²) in [4.78, 5) is 31.1. The standard InChI is InChI=1S/C23H24FN7O/c1-23(21(32)30-5-2-3-6-30)9-15(10-23)28-22-27-12-17-16(11-26-19(17)29-22)14-8-18(24)20-25-4-7-31(20)13-14/h4,7-8,11-13,15H,2-3,5-6,9-10H2,1H3,(H2,26,27,28,29)/t15-,23-. The van der Waals surface area contributed by atoms with Gasteiger partial charge in [0.25, 0.3) is 0 Å². The lowest BCUT2D eigenvalue weighted by Gasteiger charge is -2.45. The Morgan fingerprint density at radius 2 is 2.09 bits per heavy atom. The van der Waals surface area contributed by atoms with Gasteiger partial charge in [-0.25, -0.2) is 14.4 Å². The average molecular weight is 433 g/mol. The van der Waals surface area contributed by atoms with Crippen molar-refractivity contribution in [2.75, 3.05) is 18.4 Å². The number of anilines is 1. The Hall–Kier alpha value is -3.49.